The van der Waals surface area contributed by atoms with Gasteiger partial charge in [-0.15, -0.1) is 0 Å². The monoisotopic (exact) mass is 375 g/mol. The molecule has 0 unspecified atom stereocenters. The number of para-hydroxylation sites is 1. The zero-order valence-electron chi connectivity index (χ0n) is 15.7. The van der Waals surface area contributed by atoms with Crippen LogP contribution in [0.15, 0.2) is 72.9 Å². The van der Waals surface area contributed by atoms with Crippen molar-refractivity contribution in [1.29, 1.82) is 0 Å². The predicted molar refractivity (Wildman–Crippen MR) is 107 cm³/mol. The van der Waals surface area contributed by atoms with Gasteiger partial charge >= 0.3 is 0 Å². The van der Waals surface area contributed by atoms with E-state index in [4.69, 9.17) is 0 Å². The molecule has 2 N–H and O–H groups in total. The van der Waals surface area contributed by atoms with Crippen molar-refractivity contribution in [2.75, 3.05) is 19.7 Å². The van der Waals surface area contributed by atoms with E-state index in [0.717, 1.165) is 24.5 Å². The van der Waals surface area contributed by atoms with Crippen molar-refractivity contribution >= 4 is 0 Å². The minimum absolute atomic E-state index is 0.117. The van der Waals surface area contributed by atoms with E-state index in [2.05, 4.69) is 22.1 Å². The summed E-state index contributed by atoms with van der Waals surface area (Å²) in [4.78, 5) is 2.30. The van der Waals surface area contributed by atoms with Crippen LogP contribution in [0.2, 0.25) is 0 Å². The first-order valence-corrected chi connectivity index (χ1v) is 9.88. The summed E-state index contributed by atoms with van der Waals surface area (Å²) in [5, 5.41) is 25.4. The summed E-state index contributed by atoms with van der Waals surface area (Å²) in [6.07, 6.45) is 1.40. The molecule has 1 aliphatic carbocycles. The number of benzene rings is 2. The molecule has 2 heterocycles. The van der Waals surface area contributed by atoms with Crippen molar-refractivity contribution in [3.05, 3.63) is 84.2 Å². The van der Waals surface area contributed by atoms with Gasteiger partial charge in [-0.05, 0) is 35.6 Å². The Bertz CT molecular complexity index is 943. The zero-order valence-corrected chi connectivity index (χ0v) is 15.7. The van der Waals surface area contributed by atoms with Crippen LogP contribution in [0.1, 0.15) is 17.2 Å². The largest absolute Gasteiger partial charge is 0.396 e. The van der Waals surface area contributed by atoms with E-state index in [9.17, 15) is 10.2 Å². The van der Waals surface area contributed by atoms with Crippen LogP contribution in [0.25, 0.3) is 5.69 Å². The Labute approximate surface area is 164 Å². The van der Waals surface area contributed by atoms with Crippen LogP contribution < -0.4 is 0 Å². The molecular weight excluding hydrogens is 350 g/mol. The highest BCUT2D eigenvalue weighted by atomic mass is 16.3. The Morgan fingerprint density at radius 3 is 2.43 bits per heavy atom. The van der Waals surface area contributed by atoms with Crippen molar-refractivity contribution in [1.82, 2.24) is 14.7 Å². The average molecular weight is 375 g/mol. The number of nitrogens with zero attached hydrogens (tertiary/aromatic N) is 3. The highest BCUT2D eigenvalue weighted by Gasteiger charge is 2.70. The summed E-state index contributed by atoms with van der Waals surface area (Å²) in [6, 6.07) is 22.5. The van der Waals surface area contributed by atoms with Crippen molar-refractivity contribution in [2.45, 2.75) is 18.6 Å². The smallest absolute Gasteiger partial charge is 0.0745 e. The van der Waals surface area contributed by atoms with Crippen LogP contribution in [0, 0.1) is 11.3 Å². The molecule has 4 atom stereocenters. The third kappa shape index (κ3) is 2.70. The summed E-state index contributed by atoms with van der Waals surface area (Å²) < 4.78 is 1.96. The number of aromatic nitrogens is 2. The predicted octanol–water partition coefficient (Wildman–Crippen LogP) is 2.44. The molecule has 1 aromatic heterocycles. The fourth-order valence-electron chi connectivity index (χ4n) is 5.26. The molecule has 2 fully saturated rings. The number of rotatable bonds is 5. The van der Waals surface area contributed by atoms with Gasteiger partial charge in [-0.1, -0.05) is 48.5 Å². The fraction of sp³-hybridized carbons (Fsp3) is 0.348. The lowest BCUT2D eigenvalue weighted by Gasteiger charge is -2.17. The van der Waals surface area contributed by atoms with Crippen LogP contribution in [0.5, 0.6) is 0 Å². The first-order chi connectivity index (χ1) is 13.7. The van der Waals surface area contributed by atoms with Gasteiger partial charge in [-0.2, -0.15) is 5.10 Å². The summed E-state index contributed by atoms with van der Waals surface area (Å²) in [5.41, 5.74) is 3.12. The Hall–Kier alpha value is -2.47. The van der Waals surface area contributed by atoms with E-state index in [1.807, 2.05) is 65.5 Å². The fourth-order valence-corrected chi connectivity index (χ4v) is 5.26. The topological polar surface area (TPSA) is 61.5 Å². The van der Waals surface area contributed by atoms with E-state index in [1.165, 1.54) is 5.56 Å². The number of aliphatic hydroxyl groups excluding tert-OH is 2. The molecule has 3 aromatic rings. The average Bonchev–Trinajstić information content (AvgIpc) is 2.96. The minimum atomic E-state index is -0.428. The lowest BCUT2D eigenvalue weighted by molar-refractivity contribution is 0.111. The first kappa shape index (κ1) is 17.6. The quantitative estimate of drug-likeness (QED) is 0.719. The molecule has 1 spiro atoms. The zero-order chi connectivity index (χ0) is 19.1. The third-order valence-corrected chi connectivity index (χ3v) is 6.57. The van der Waals surface area contributed by atoms with Crippen LogP contribution in [-0.2, 0) is 6.54 Å². The van der Waals surface area contributed by atoms with E-state index in [1.54, 1.807) is 0 Å². The van der Waals surface area contributed by atoms with E-state index in [-0.39, 0.29) is 23.9 Å². The second kappa shape index (κ2) is 6.85. The van der Waals surface area contributed by atoms with Gasteiger partial charge in [0.25, 0.3) is 0 Å². The molecule has 0 bridgehead atoms. The van der Waals surface area contributed by atoms with Crippen molar-refractivity contribution in [3.63, 3.8) is 0 Å². The summed E-state index contributed by atoms with van der Waals surface area (Å²) in [6.45, 7) is 2.26. The van der Waals surface area contributed by atoms with Gasteiger partial charge in [0.2, 0.25) is 0 Å². The molecule has 0 amide bonds. The highest BCUT2D eigenvalue weighted by molar-refractivity contribution is 5.37. The molecule has 1 saturated heterocycles. The molecule has 144 valence electrons. The van der Waals surface area contributed by atoms with Crippen molar-refractivity contribution in [2.24, 2.45) is 11.3 Å². The maximum absolute atomic E-state index is 11.0. The molecule has 5 nitrogen and oxygen atoms in total. The molecule has 2 aliphatic rings. The van der Waals surface area contributed by atoms with Gasteiger partial charge in [0.15, 0.2) is 0 Å². The number of β-amino-alcohol motifs (C(OH)–C–C–N with tert-alkyl or cyclic N) is 1. The first-order valence-electron chi connectivity index (χ1n) is 9.88. The molecule has 5 rings (SSSR count). The molecule has 5 heteroatoms. The molecule has 1 aliphatic heterocycles. The number of likely N-dealkylation sites (tertiary alicyclic amines) is 1. The molecule has 2 aromatic carbocycles. The SMILES string of the molecule is OC[C@@H]1[C@@H](c2ccccc2)[C@]12CN(Cc1ccnn1-c1ccccc1)C[C@@H]2O. The minimum Gasteiger partial charge on any atom is -0.396 e. The summed E-state index contributed by atoms with van der Waals surface area (Å²) >= 11 is 0. The second-order valence-corrected chi connectivity index (χ2v) is 8.05. The van der Waals surface area contributed by atoms with Crippen LogP contribution in [0.3, 0.4) is 0 Å². The molecule has 1 saturated carbocycles. The lowest BCUT2D eigenvalue weighted by Crippen LogP contribution is -2.23. The van der Waals surface area contributed by atoms with Crippen molar-refractivity contribution in [3.8, 4) is 5.69 Å². The summed E-state index contributed by atoms with van der Waals surface area (Å²) in [7, 11) is 0. The van der Waals surface area contributed by atoms with Gasteiger partial charge in [-0.25, -0.2) is 4.68 Å². The number of hydrogen-bond donors (Lipinski definition) is 2. The van der Waals surface area contributed by atoms with E-state index >= 15 is 0 Å². The Morgan fingerprint density at radius 1 is 1.00 bits per heavy atom. The molecule has 28 heavy (non-hydrogen) atoms. The van der Waals surface area contributed by atoms with Gasteiger partial charge in [0.1, 0.15) is 0 Å². The Balaban J connectivity index is 1.37. The molecule has 0 radical (unpaired) electrons. The van der Waals surface area contributed by atoms with Crippen LogP contribution in [-0.4, -0.2) is 50.7 Å². The van der Waals surface area contributed by atoms with Gasteiger partial charge in [-0.3, -0.25) is 4.90 Å². The molecular formula is C23H25N3O2. The second-order valence-electron chi connectivity index (χ2n) is 8.05. The van der Waals surface area contributed by atoms with Gasteiger partial charge < -0.3 is 10.2 Å². The van der Waals surface area contributed by atoms with Crippen molar-refractivity contribution < 1.29 is 10.2 Å². The third-order valence-electron chi connectivity index (χ3n) is 6.57. The van der Waals surface area contributed by atoms with Gasteiger partial charge in [0, 0.05) is 37.9 Å². The van der Waals surface area contributed by atoms with E-state index < -0.39 is 6.10 Å². The van der Waals surface area contributed by atoms with E-state index in [0.29, 0.717) is 6.54 Å². The Morgan fingerprint density at radius 2 is 1.71 bits per heavy atom. The lowest BCUT2D eigenvalue weighted by atomic mass is 9.95. The standard InChI is InChI=1S/C23H25N3O2/c27-15-20-22(17-7-3-1-4-8-17)23(20)16-25(14-21(23)28)13-19-11-12-24-26(19)18-9-5-2-6-10-18/h1-12,20-22,27-28H,13-16H2/t20-,21+,22-,23-/m1/s1. The highest BCUT2D eigenvalue weighted by Crippen LogP contribution is 2.68. The number of hydrogen-bond acceptors (Lipinski definition) is 4. The maximum atomic E-state index is 11.0. The van der Waals surface area contributed by atoms with Crippen LogP contribution >= 0.6 is 0 Å². The normalized spacial score (nSPS) is 29.4. The van der Waals surface area contributed by atoms with Crippen LogP contribution in [0.4, 0.5) is 0 Å². The summed E-state index contributed by atoms with van der Waals surface area (Å²) in [5.74, 6) is 0.340. The van der Waals surface area contributed by atoms with Gasteiger partial charge in [0.05, 0.1) is 17.5 Å². The number of aliphatic hydroxyl groups is 2. The maximum Gasteiger partial charge on any atom is 0.0745 e. The Kier molecular flexibility index (Phi) is 4.31.